The zero-order valence-electron chi connectivity index (χ0n) is 23.1. The molecule has 3 N–H and O–H groups in total. The predicted octanol–water partition coefficient (Wildman–Crippen LogP) is 6.48. The average Bonchev–Trinajstić information content (AvgIpc) is 3.37. The Morgan fingerprint density at radius 3 is 2.63 bits per heavy atom. The molecule has 2 heterocycles. The summed E-state index contributed by atoms with van der Waals surface area (Å²) in [5.41, 5.74) is 11.6. The lowest BCUT2D eigenvalue weighted by atomic mass is 9.69. The maximum Gasteiger partial charge on any atom is 0.234 e. The van der Waals surface area contributed by atoms with E-state index in [1.54, 1.807) is 17.0 Å². The molecule has 41 heavy (non-hydrogen) atoms. The smallest absolute Gasteiger partial charge is 0.234 e. The number of rotatable bonds is 6. The van der Waals surface area contributed by atoms with Crippen molar-refractivity contribution in [3.63, 3.8) is 0 Å². The van der Waals surface area contributed by atoms with Gasteiger partial charge < -0.3 is 11.1 Å². The highest BCUT2D eigenvalue weighted by atomic mass is 35.5. The van der Waals surface area contributed by atoms with Gasteiger partial charge in [-0.2, -0.15) is 5.26 Å². The van der Waals surface area contributed by atoms with Gasteiger partial charge in [-0.25, -0.2) is 0 Å². The second kappa shape index (κ2) is 11.3. The van der Waals surface area contributed by atoms with Crippen LogP contribution in [0.15, 0.2) is 69.5 Å². The first-order valence-corrected chi connectivity index (χ1v) is 15.2. The van der Waals surface area contributed by atoms with Crippen LogP contribution in [0.1, 0.15) is 49.3 Å². The van der Waals surface area contributed by atoms with Gasteiger partial charge in [0.2, 0.25) is 11.0 Å². The van der Waals surface area contributed by atoms with Crippen LogP contribution in [0.4, 0.5) is 10.8 Å². The van der Waals surface area contributed by atoms with Crippen LogP contribution in [0.5, 0.6) is 0 Å². The molecule has 1 aromatic heterocycles. The van der Waals surface area contributed by atoms with Crippen molar-refractivity contribution in [1.29, 1.82) is 5.26 Å². The van der Waals surface area contributed by atoms with Crippen LogP contribution >= 0.6 is 34.7 Å². The molecule has 3 aromatic rings. The first-order chi connectivity index (χ1) is 19.5. The number of hydrogen-bond acceptors (Lipinski definition) is 9. The third kappa shape index (κ3) is 5.89. The molecule has 8 nitrogen and oxygen atoms in total. The van der Waals surface area contributed by atoms with Crippen LogP contribution in [0.25, 0.3) is 0 Å². The molecule has 1 amide bonds. The van der Waals surface area contributed by atoms with Crippen molar-refractivity contribution < 1.29 is 9.59 Å². The zero-order valence-corrected chi connectivity index (χ0v) is 25.5. The number of aryl methyl sites for hydroxylation is 2. The molecular formula is C30H29ClN6O2S2. The van der Waals surface area contributed by atoms with E-state index in [1.165, 1.54) is 23.1 Å². The number of hydrogen-bond donors (Lipinski definition) is 2. The number of carbonyl (C=O) groups is 2. The zero-order chi connectivity index (χ0) is 29.5. The molecule has 0 spiro atoms. The molecule has 1 atom stereocenters. The number of ketones is 1. The predicted molar refractivity (Wildman–Crippen MR) is 164 cm³/mol. The van der Waals surface area contributed by atoms with Crippen LogP contribution < -0.4 is 16.0 Å². The minimum absolute atomic E-state index is 0.0244. The Kier molecular flexibility index (Phi) is 7.97. The Morgan fingerprint density at radius 1 is 1.22 bits per heavy atom. The van der Waals surface area contributed by atoms with Gasteiger partial charge in [0, 0.05) is 28.4 Å². The lowest BCUT2D eigenvalue weighted by Gasteiger charge is -2.42. The lowest BCUT2D eigenvalue weighted by Crippen LogP contribution is -2.42. The molecule has 210 valence electrons. The Balaban J connectivity index is 1.45. The quantitative estimate of drug-likeness (QED) is 0.306. The maximum atomic E-state index is 13.7. The summed E-state index contributed by atoms with van der Waals surface area (Å²) in [7, 11) is 0. The van der Waals surface area contributed by atoms with Crippen molar-refractivity contribution in [2.75, 3.05) is 16.0 Å². The van der Waals surface area contributed by atoms with E-state index in [-0.39, 0.29) is 34.3 Å². The summed E-state index contributed by atoms with van der Waals surface area (Å²) >= 11 is 8.66. The molecule has 5 rings (SSSR count). The van der Waals surface area contributed by atoms with Crippen molar-refractivity contribution in [3.05, 3.63) is 86.8 Å². The number of carbonyl (C=O) groups excluding carboxylic acids is 2. The molecule has 0 radical (unpaired) electrons. The van der Waals surface area contributed by atoms with Gasteiger partial charge in [0.25, 0.3) is 0 Å². The second-order valence-corrected chi connectivity index (χ2v) is 13.7. The van der Waals surface area contributed by atoms with Gasteiger partial charge in [0.05, 0.1) is 23.3 Å². The molecule has 1 unspecified atom stereocenters. The van der Waals surface area contributed by atoms with E-state index in [1.807, 2.05) is 58.0 Å². The number of nitriles is 1. The summed E-state index contributed by atoms with van der Waals surface area (Å²) in [5, 5.41) is 22.9. The number of nitrogens with two attached hydrogens (primary N) is 1. The number of nitrogens with one attached hydrogen (secondary N) is 1. The molecule has 2 aromatic carbocycles. The minimum Gasteiger partial charge on any atom is -0.384 e. The van der Waals surface area contributed by atoms with Crippen molar-refractivity contribution in [2.24, 2.45) is 11.1 Å². The summed E-state index contributed by atoms with van der Waals surface area (Å²) < 4.78 is 0.574. The standard InChI is InChI=1S/C30H29ClN6O2S2/c1-16-5-10-21(17(2)11-16)34-24(39)15-40-29-36-35-28(41-29)37-22-12-30(3,4)13-23(38)26(22)25(20(14-32)27(37)33)18-6-8-19(31)9-7-18/h5-11,25H,12-13,15,33H2,1-4H3,(H,34,39). The van der Waals surface area contributed by atoms with E-state index < -0.39 is 5.92 Å². The van der Waals surface area contributed by atoms with E-state index in [0.29, 0.717) is 32.9 Å². The molecule has 2 aliphatic rings. The van der Waals surface area contributed by atoms with Crippen LogP contribution in [0.3, 0.4) is 0 Å². The molecule has 0 saturated heterocycles. The number of halogens is 1. The third-order valence-electron chi connectivity index (χ3n) is 7.15. The summed E-state index contributed by atoms with van der Waals surface area (Å²) in [5.74, 6) is -0.406. The maximum absolute atomic E-state index is 13.7. The Morgan fingerprint density at radius 2 is 1.95 bits per heavy atom. The number of amides is 1. The van der Waals surface area contributed by atoms with Crippen LogP contribution in [-0.4, -0.2) is 27.6 Å². The fourth-order valence-electron chi connectivity index (χ4n) is 5.33. The van der Waals surface area contributed by atoms with Crippen molar-refractivity contribution in [2.45, 2.75) is 50.8 Å². The van der Waals surface area contributed by atoms with Gasteiger partial charge in [-0.15, -0.1) is 10.2 Å². The lowest BCUT2D eigenvalue weighted by molar-refractivity contribution is -0.118. The van der Waals surface area contributed by atoms with Gasteiger partial charge in [-0.05, 0) is 55.0 Å². The Hall–Kier alpha value is -3.65. The van der Waals surface area contributed by atoms with E-state index >= 15 is 0 Å². The van der Waals surface area contributed by atoms with Crippen LogP contribution in [-0.2, 0) is 9.59 Å². The fraction of sp³-hybridized carbons (Fsp3) is 0.300. The van der Waals surface area contributed by atoms with Crippen LogP contribution in [0.2, 0.25) is 5.02 Å². The Labute approximate surface area is 252 Å². The number of thioether (sulfide) groups is 1. The number of Topliss-reactive ketones (excluding diaryl/α,β-unsaturated/α-hetero) is 1. The SMILES string of the molecule is Cc1ccc(NC(=O)CSc2nnc(N3C(N)=C(C#N)C(c4ccc(Cl)cc4)C4=C3CC(C)(C)CC4=O)s2)c(C)c1. The molecule has 1 aliphatic heterocycles. The number of allylic oxidation sites excluding steroid dienone is 3. The molecule has 0 bridgehead atoms. The first kappa shape index (κ1) is 28.9. The minimum atomic E-state index is -0.595. The molecular weight excluding hydrogens is 576 g/mol. The number of benzene rings is 2. The van der Waals surface area contributed by atoms with Crippen molar-refractivity contribution >= 4 is 57.2 Å². The van der Waals surface area contributed by atoms with E-state index in [0.717, 1.165) is 28.1 Å². The summed E-state index contributed by atoms with van der Waals surface area (Å²) in [6.45, 7) is 8.04. The first-order valence-electron chi connectivity index (χ1n) is 13.0. The van der Waals surface area contributed by atoms with Gasteiger partial charge in [0.15, 0.2) is 10.1 Å². The highest BCUT2D eigenvalue weighted by Crippen LogP contribution is 2.50. The van der Waals surface area contributed by atoms with E-state index in [4.69, 9.17) is 17.3 Å². The number of aromatic nitrogens is 2. The second-order valence-electron chi connectivity index (χ2n) is 11.0. The normalized spacial score (nSPS) is 18.3. The number of anilines is 2. The summed E-state index contributed by atoms with van der Waals surface area (Å²) in [6.07, 6.45) is 0.924. The fourth-order valence-corrected chi connectivity index (χ4v) is 7.14. The van der Waals surface area contributed by atoms with E-state index in [9.17, 15) is 14.9 Å². The Bertz CT molecular complexity index is 1650. The van der Waals surface area contributed by atoms with Crippen molar-refractivity contribution in [3.8, 4) is 6.07 Å². The third-order valence-corrected chi connectivity index (χ3v) is 9.45. The summed E-state index contributed by atoms with van der Waals surface area (Å²) in [6, 6.07) is 15.3. The van der Waals surface area contributed by atoms with Crippen LogP contribution in [0, 0.1) is 30.6 Å². The number of nitrogens with zero attached hydrogens (tertiary/aromatic N) is 4. The molecule has 1 aliphatic carbocycles. The van der Waals surface area contributed by atoms with Crippen molar-refractivity contribution in [1.82, 2.24) is 10.2 Å². The topological polar surface area (TPSA) is 125 Å². The van der Waals surface area contributed by atoms with Gasteiger partial charge in [0.1, 0.15) is 5.82 Å². The highest BCUT2D eigenvalue weighted by molar-refractivity contribution is 8.01. The highest BCUT2D eigenvalue weighted by Gasteiger charge is 2.45. The van der Waals surface area contributed by atoms with Gasteiger partial charge >= 0.3 is 0 Å². The van der Waals surface area contributed by atoms with Gasteiger partial charge in [-0.3, -0.25) is 14.5 Å². The molecule has 0 saturated carbocycles. The van der Waals surface area contributed by atoms with E-state index in [2.05, 4.69) is 21.6 Å². The average molecular weight is 605 g/mol. The summed E-state index contributed by atoms with van der Waals surface area (Å²) in [4.78, 5) is 28.0. The van der Waals surface area contributed by atoms with Gasteiger partial charge in [-0.1, -0.05) is 78.4 Å². The molecule has 0 fully saturated rings. The largest absolute Gasteiger partial charge is 0.384 e. The molecule has 11 heteroatoms. The monoisotopic (exact) mass is 604 g/mol.